The van der Waals surface area contributed by atoms with Crippen LogP contribution >= 0.6 is 11.6 Å². The minimum absolute atomic E-state index is 0.125. The number of aryl methyl sites for hydroxylation is 1. The van der Waals surface area contributed by atoms with E-state index in [-0.39, 0.29) is 6.04 Å². The van der Waals surface area contributed by atoms with Crippen molar-refractivity contribution in [2.45, 2.75) is 33.2 Å². The van der Waals surface area contributed by atoms with Gasteiger partial charge in [-0.2, -0.15) is 0 Å². The van der Waals surface area contributed by atoms with E-state index in [1.165, 1.54) is 5.56 Å². The molecule has 20 heavy (non-hydrogen) atoms. The molecule has 2 aromatic rings. The number of hydrogen-bond acceptors (Lipinski definition) is 1. The molecule has 0 radical (unpaired) electrons. The minimum atomic E-state index is -0.125. The van der Waals surface area contributed by atoms with Crippen LogP contribution in [0.5, 0.6) is 0 Å². The second kappa shape index (κ2) is 6.43. The van der Waals surface area contributed by atoms with E-state index in [4.69, 9.17) is 17.3 Å². The zero-order valence-corrected chi connectivity index (χ0v) is 13.1. The first-order chi connectivity index (χ1) is 9.47. The predicted molar refractivity (Wildman–Crippen MR) is 87.2 cm³/mol. The number of halogens is 1. The highest BCUT2D eigenvalue weighted by Gasteiger charge is 2.11. The summed E-state index contributed by atoms with van der Waals surface area (Å²) < 4.78 is 0. The van der Waals surface area contributed by atoms with Gasteiger partial charge in [-0.05, 0) is 47.6 Å². The summed E-state index contributed by atoms with van der Waals surface area (Å²) in [5.41, 5.74) is 11.0. The average molecular weight is 288 g/mol. The quantitative estimate of drug-likeness (QED) is 0.851. The number of hydrogen-bond donors (Lipinski definition) is 1. The third-order valence-corrected chi connectivity index (χ3v) is 3.92. The highest BCUT2D eigenvalue weighted by atomic mass is 35.5. The van der Waals surface area contributed by atoms with Gasteiger partial charge in [-0.15, -0.1) is 0 Å². The normalized spacial score (nSPS) is 12.7. The molecule has 0 amide bonds. The van der Waals surface area contributed by atoms with Gasteiger partial charge in [-0.25, -0.2) is 0 Å². The zero-order valence-electron chi connectivity index (χ0n) is 12.4. The molecule has 0 saturated heterocycles. The molecule has 0 fully saturated rings. The zero-order chi connectivity index (χ0) is 14.7. The van der Waals surface area contributed by atoms with Crippen molar-refractivity contribution in [3.8, 4) is 0 Å². The van der Waals surface area contributed by atoms with Crippen molar-refractivity contribution in [3.05, 3.63) is 69.7 Å². The van der Waals surface area contributed by atoms with Crippen LogP contribution in [0, 0.1) is 12.8 Å². The topological polar surface area (TPSA) is 26.0 Å². The molecule has 0 heterocycles. The first kappa shape index (κ1) is 15.1. The van der Waals surface area contributed by atoms with Crippen LogP contribution in [0.2, 0.25) is 5.02 Å². The lowest BCUT2D eigenvalue weighted by atomic mass is 9.95. The van der Waals surface area contributed by atoms with Gasteiger partial charge in [0.1, 0.15) is 0 Å². The molecule has 2 rings (SSSR count). The molecule has 106 valence electrons. The first-order valence-electron chi connectivity index (χ1n) is 7.08. The maximum atomic E-state index is 6.38. The lowest BCUT2D eigenvalue weighted by molar-refractivity contribution is 0.646. The third-order valence-electron chi connectivity index (χ3n) is 3.51. The van der Waals surface area contributed by atoms with E-state index in [1.807, 2.05) is 19.1 Å². The molecule has 0 aromatic heterocycles. The number of benzene rings is 2. The smallest absolute Gasteiger partial charge is 0.0552 e. The Morgan fingerprint density at radius 1 is 1.05 bits per heavy atom. The van der Waals surface area contributed by atoms with Crippen LogP contribution in [0.25, 0.3) is 0 Å². The van der Waals surface area contributed by atoms with Gasteiger partial charge in [0.05, 0.1) is 6.04 Å². The van der Waals surface area contributed by atoms with Gasteiger partial charge in [-0.1, -0.05) is 61.8 Å². The Balaban J connectivity index is 2.28. The summed E-state index contributed by atoms with van der Waals surface area (Å²) in [5.74, 6) is 0.648. The fraction of sp³-hybridized carbons (Fsp3) is 0.333. The molecule has 1 unspecified atom stereocenters. The summed E-state index contributed by atoms with van der Waals surface area (Å²) >= 11 is 6.19. The van der Waals surface area contributed by atoms with Crippen molar-refractivity contribution in [1.29, 1.82) is 0 Å². The molecule has 0 aliphatic rings. The Kier molecular flexibility index (Phi) is 4.85. The Bertz CT molecular complexity index is 590. The van der Waals surface area contributed by atoms with E-state index in [9.17, 15) is 0 Å². The maximum Gasteiger partial charge on any atom is 0.0552 e. The van der Waals surface area contributed by atoms with Gasteiger partial charge >= 0.3 is 0 Å². The van der Waals surface area contributed by atoms with Gasteiger partial charge < -0.3 is 5.73 Å². The average Bonchev–Trinajstić information content (AvgIpc) is 2.40. The standard InChI is InChI=1S/C18H22ClN/c1-12(2)9-14-5-4-6-15(10-14)18(20)16-8-7-13(3)17(19)11-16/h4-8,10-12,18H,9,20H2,1-3H3. The molecular formula is C18H22ClN. The summed E-state index contributed by atoms with van der Waals surface area (Å²) in [5, 5.41) is 0.774. The van der Waals surface area contributed by atoms with E-state index in [1.54, 1.807) is 0 Å². The molecule has 0 aliphatic heterocycles. The second-order valence-corrected chi connectivity index (χ2v) is 6.24. The van der Waals surface area contributed by atoms with Gasteiger partial charge in [0.25, 0.3) is 0 Å². The van der Waals surface area contributed by atoms with Crippen LogP contribution in [-0.4, -0.2) is 0 Å². The summed E-state index contributed by atoms with van der Waals surface area (Å²) in [6.45, 7) is 6.46. The van der Waals surface area contributed by atoms with E-state index in [2.05, 4.69) is 44.2 Å². The molecule has 2 heteroatoms. The van der Waals surface area contributed by atoms with Crippen molar-refractivity contribution in [1.82, 2.24) is 0 Å². The number of rotatable bonds is 4. The highest BCUT2D eigenvalue weighted by molar-refractivity contribution is 6.31. The number of nitrogens with two attached hydrogens (primary N) is 1. The largest absolute Gasteiger partial charge is 0.320 e. The van der Waals surface area contributed by atoms with Crippen LogP contribution in [0.4, 0.5) is 0 Å². The van der Waals surface area contributed by atoms with Crippen LogP contribution in [0.1, 0.15) is 42.1 Å². The lowest BCUT2D eigenvalue weighted by Crippen LogP contribution is -2.12. The lowest BCUT2D eigenvalue weighted by Gasteiger charge is -2.15. The summed E-state index contributed by atoms with van der Waals surface area (Å²) in [6.07, 6.45) is 1.08. The third kappa shape index (κ3) is 3.62. The Morgan fingerprint density at radius 3 is 2.40 bits per heavy atom. The van der Waals surface area contributed by atoms with E-state index in [0.717, 1.165) is 28.1 Å². The summed E-state index contributed by atoms with van der Waals surface area (Å²) in [4.78, 5) is 0. The van der Waals surface area contributed by atoms with Crippen molar-refractivity contribution in [2.24, 2.45) is 11.7 Å². The van der Waals surface area contributed by atoms with Crippen molar-refractivity contribution < 1.29 is 0 Å². The van der Waals surface area contributed by atoms with Gasteiger partial charge in [0, 0.05) is 5.02 Å². The Labute approximate surface area is 126 Å². The molecule has 2 N–H and O–H groups in total. The van der Waals surface area contributed by atoms with Crippen molar-refractivity contribution in [2.75, 3.05) is 0 Å². The molecule has 1 atom stereocenters. The summed E-state index contributed by atoms with van der Waals surface area (Å²) in [7, 11) is 0. The highest BCUT2D eigenvalue weighted by Crippen LogP contribution is 2.25. The molecule has 2 aromatic carbocycles. The van der Waals surface area contributed by atoms with Crippen LogP contribution < -0.4 is 5.73 Å². The minimum Gasteiger partial charge on any atom is -0.320 e. The Morgan fingerprint density at radius 2 is 1.75 bits per heavy atom. The Hall–Kier alpha value is -1.31. The fourth-order valence-corrected chi connectivity index (χ4v) is 2.57. The second-order valence-electron chi connectivity index (χ2n) is 5.83. The summed E-state index contributed by atoms with van der Waals surface area (Å²) in [6, 6.07) is 14.5. The monoisotopic (exact) mass is 287 g/mol. The molecular weight excluding hydrogens is 266 g/mol. The van der Waals surface area contributed by atoms with Crippen LogP contribution in [-0.2, 0) is 6.42 Å². The molecule has 0 saturated carbocycles. The van der Waals surface area contributed by atoms with E-state index in [0.29, 0.717) is 5.92 Å². The SMILES string of the molecule is Cc1ccc(C(N)c2cccc(CC(C)C)c2)cc1Cl. The predicted octanol–water partition coefficient (Wildman–Crippen LogP) is 4.90. The van der Waals surface area contributed by atoms with Crippen molar-refractivity contribution >= 4 is 11.6 Å². The van der Waals surface area contributed by atoms with E-state index >= 15 is 0 Å². The molecule has 0 bridgehead atoms. The van der Waals surface area contributed by atoms with Gasteiger partial charge in [0.15, 0.2) is 0 Å². The van der Waals surface area contributed by atoms with Gasteiger partial charge in [-0.3, -0.25) is 0 Å². The van der Waals surface area contributed by atoms with Crippen molar-refractivity contribution in [3.63, 3.8) is 0 Å². The maximum absolute atomic E-state index is 6.38. The first-order valence-corrected chi connectivity index (χ1v) is 7.45. The van der Waals surface area contributed by atoms with Crippen LogP contribution in [0.3, 0.4) is 0 Å². The molecule has 0 aliphatic carbocycles. The fourth-order valence-electron chi connectivity index (χ4n) is 2.38. The molecule has 1 nitrogen and oxygen atoms in total. The van der Waals surface area contributed by atoms with E-state index < -0.39 is 0 Å². The molecule has 0 spiro atoms. The van der Waals surface area contributed by atoms with Gasteiger partial charge in [0.2, 0.25) is 0 Å². The van der Waals surface area contributed by atoms with Crippen LogP contribution in [0.15, 0.2) is 42.5 Å².